The number of nitrogens with two attached hydrogens (primary N) is 1. The lowest BCUT2D eigenvalue weighted by Gasteiger charge is -2.50. The summed E-state index contributed by atoms with van der Waals surface area (Å²) in [7, 11) is 1.85. The van der Waals surface area contributed by atoms with E-state index in [1.165, 1.54) is 64.3 Å². The molecule has 0 amide bonds. The van der Waals surface area contributed by atoms with Gasteiger partial charge in [0.15, 0.2) is 0 Å². The molecule has 1 aliphatic carbocycles. The van der Waals surface area contributed by atoms with Crippen LogP contribution in [0, 0.1) is 0 Å². The van der Waals surface area contributed by atoms with Gasteiger partial charge in [-0.05, 0) is 51.5 Å². The molecule has 3 nitrogen and oxygen atoms in total. The van der Waals surface area contributed by atoms with Gasteiger partial charge in [-0.15, -0.1) is 0 Å². The van der Waals surface area contributed by atoms with E-state index in [1.807, 2.05) is 7.11 Å². The van der Waals surface area contributed by atoms with E-state index in [4.69, 9.17) is 10.5 Å². The van der Waals surface area contributed by atoms with Crippen molar-refractivity contribution in [2.75, 3.05) is 20.2 Å². The van der Waals surface area contributed by atoms with E-state index in [9.17, 15) is 0 Å². The van der Waals surface area contributed by atoms with Crippen molar-refractivity contribution in [3.8, 4) is 0 Å². The Morgan fingerprint density at radius 2 is 1.89 bits per heavy atom. The Morgan fingerprint density at radius 3 is 2.47 bits per heavy atom. The number of ether oxygens (including phenoxy) is 1. The summed E-state index contributed by atoms with van der Waals surface area (Å²) in [5.41, 5.74) is 6.51. The first-order valence-corrected chi connectivity index (χ1v) is 8.25. The monoisotopic (exact) mass is 268 g/mol. The third kappa shape index (κ3) is 3.32. The van der Waals surface area contributed by atoms with Gasteiger partial charge in [0, 0.05) is 25.2 Å². The SMILES string of the molecule is CCC1CCCCCN1C1(CN)CCC(OC)CC1. The third-order valence-corrected chi connectivity index (χ3v) is 5.53. The van der Waals surface area contributed by atoms with Crippen LogP contribution in [0.5, 0.6) is 0 Å². The highest BCUT2D eigenvalue weighted by atomic mass is 16.5. The molecule has 0 radical (unpaired) electrons. The summed E-state index contributed by atoms with van der Waals surface area (Å²) in [5.74, 6) is 0. The Hall–Kier alpha value is -0.120. The minimum atomic E-state index is 0.264. The minimum absolute atomic E-state index is 0.264. The zero-order valence-electron chi connectivity index (χ0n) is 12.9. The van der Waals surface area contributed by atoms with E-state index in [0.717, 1.165) is 12.6 Å². The summed E-state index contributed by atoms with van der Waals surface area (Å²) in [6.45, 7) is 4.42. The average molecular weight is 268 g/mol. The summed E-state index contributed by atoms with van der Waals surface area (Å²) in [6, 6.07) is 0.755. The van der Waals surface area contributed by atoms with E-state index in [0.29, 0.717) is 6.10 Å². The second kappa shape index (κ2) is 7.05. The molecule has 3 heteroatoms. The zero-order chi connectivity index (χ0) is 13.7. The summed E-state index contributed by atoms with van der Waals surface area (Å²) in [5, 5.41) is 0. The maximum atomic E-state index is 6.24. The predicted molar refractivity (Wildman–Crippen MR) is 80.3 cm³/mol. The molecule has 0 aromatic rings. The highest BCUT2D eigenvalue weighted by Gasteiger charge is 2.41. The molecule has 0 bridgehead atoms. The van der Waals surface area contributed by atoms with E-state index in [-0.39, 0.29) is 5.54 Å². The molecule has 1 saturated heterocycles. The van der Waals surface area contributed by atoms with Crippen LogP contribution in [-0.4, -0.2) is 42.8 Å². The summed E-state index contributed by atoms with van der Waals surface area (Å²) in [6.07, 6.45) is 12.1. The van der Waals surface area contributed by atoms with E-state index in [1.54, 1.807) is 0 Å². The van der Waals surface area contributed by atoms with Gasteiger partial charge in [0.25, 0.3) is 0 Å². The van der Waals surface area contributed by atoms with Crippen LogP contribution in [-0.2, 0) is 4.74 Å². The van der Waals surface area contributed by atoms with Crippen molar-refractivity contribution < 1.29 is 4.74 Å². The van der Waals surface area contributed by atoms with Crippen LogP contribution in [0.4, 0.5) is 0 Å². The molecule has 1 unspecified atom stereocenters. The molecule has 112 valence electrons. The standard InChI is InChI=1S/C16H32N2O/c1-3-14-7-5-4-6-12-18(14)16(13-17)10-8-15(19-2)9-11-16/h14-15H,3-13,17H2,1-2H3. The smallest absolute Gasteiger partial charge is 0.0572 e. The third-order valence-electron chi connectivity index (χ3n) is 5.53. The molecule has 2 fully saturated rings. The van der Waals surface area contributed by atoms with Gasteiger partial charge in [-0.25, -0.2) is 0 Å². The molecule has 1 heterocycles. The number of rotatable bonds is 4. The van der Waals surface area contributed by atoms with Gasteiger partial charge >= 0.3 is 0 Å². The predicted octanol–water partition coefficient (Wildman–Crippen LogP) is 2.93. The zero-order valence-corrected chi connectivity index (χ0v) is 12.9. The van der Waals surface area contributed by atoms with Crippen LogP contribution in [0.25, 0.3) is 0 Å². The van der Waals surface area contributed by atoms with Crippen molar-refractivity contribution in [3.63, 3.8) is 0 Å². The average Bonchev–Trinajstić information content (AvgIpc) is 2.73. The number of nitrogens with zero attached hydrogens (tertiary/aromatic N) is 1. The molecule has 2 rings (SSSR count). The van der Waals surface area contributed by atoms with Gasteiger partial charge < -0.3 is 10.5 Å². The first kappa shape index (κ1) is 15.3. The van der Waals surface area contributed by atoms with Crippen molar-refractivity contribution >= 4 is 0 Å². The lowest BCUT2D eigenvalue weighted by molar-refractivity contribution is -0.0260. The number of hydrogen-bond donors (Lipinski definition) is 1. The summed E-state index contributed by atoms with van der Waals surface area (Å²) >= 11 is 0. The van der Waals surface area contributed by atoms with Gasteiger partial charge in [-0.1, -0.05) is 19.8 Å². The highest BCUT2D eigenvalue weighted by Crippen LogP contribution is 2.38. The minimum Gasteiger partial charge on any atom is -0.381 e. The fraction of sp³-hybridized carbons (Fsp3) is 1.00. The van der Waals surface area contributed by atoms with Gasteiger partial charge in [-0.3, -0.25) is 4.90 Å². The van der Waals surface area contributed by atoms with E-state index >= 15 is 0 Å². The lowest BCUT2D eigenvalue weighted by atomic mass is 9.77. The summed E-state index contributed by atoms with van der Waals surface area (Å²) < 4.78 is 5.53. The molecule has 2 N–H and O–H groups in total. The first-order chi connectivity index (χ1) is 9.25. The lowest BCUT2D eigenvalue weighted by Crippen LogP contribution is -2.59. The molecule has 2 aliphatic rings. The van der Waals surface area contributed by atoms with Crippen LogP contribution in [0.2, 0.25) is 0 Å². The van der Waals surface area contributed by atoms with Gasteiger partial charge in [0.1, 0.15) is 0 Å². The molecule has 1 saturated carbocycles. The van der Waals surface area contributed by atoms with Gasteiger partial charge in [0.05, 0.1) is 6.10 Å². The molecule has 0 spiro atoms. The molecule has 0 aromatic carbocycles. The van der Waals surface area contributed by atoms with E-state index in [2.05, 4.69) is 11.8 Å². The Balaban J connectivity index is 2.09. The second-order valence-corrected chi connectivity index (χ2v) is 6.47. The maximum Gasteiger partial charge on any atom is 0.0572 e. The molecular weight excluding hydrogens is 236 g/mol. The van der Waals surface area contributed by atoms with Crippen molar-refractivity contribution in [1.82, 2.24) is 4.90 Å². The Morgan fingerprint density at radius 1 is 1.16 bits per heavy atom. The number of likely N-dealkylation sites (tertiary alicyclic amines) is 1. The molecule has 19 heavy (non-hydrogen) atoms. The van der Waals surface area contributed by atoms with Crippen LogP contribution in [0.15, 0.2) is 0 Å². The Labute approximate surface area is 118 Å². The highest BCUT2D eigenvalue weighted by molar-refractivity contribution is 4.99. The maximum absolute atomic E-state index is 6.24. The molecule has 0 aromatic heterocycles. The van der Waals surface area contributed by atoms with Crippen molar-refractivity contribution in [2.45, 2.75) is 82.4 Å². The van der Waals surface area contributed by atoms with Crippen molar-refractivity contribution in [2.24, 2.45) is 5.73 Å². The van der Waals surface area contributed by atoms with Gasteiger partial charge in [0.2, 0.25) is 0 Å². The van der Waals surface area contributed by atoms with E-state index < -0.39 is 0 Å². The normalized spacial score (nSPS) is 38.1. The van der Waals surface area contributed by atoms with Crippen LogP contribution < -0.4 is 5.73 Å². The molecule has 1 atom stereocenters. The van der Waals surface area contributed by atoms with Crippen molar-refractivity contribution in [1.29, 1.82) is 0 Å². The topological polar surface area (TPSA) is 38.5 Å². The fourth-order valence-corrected chi connectivity index (χ4v) is 4.20. The van der Waals surface area contributed by atoms with Crippen molar-refractivity contribution in [3.05, 3.63) is 0 Å². The Bertz CT molecular complexity index is 261. The number of hydrogen-bond acceptors (Lipinski definition) is 3. The van der Waals surface area contributed by atoms with Crippen LogP contribution in [0.1, 0.15) is 64.7 Å². The first-order valence-electron chi connectivity index (χ1n) is 8.25. The second-order valence-electron chi connectivity index (χ2n) is 6.47. The van der Waals surface area contributed by atoms with Crippen LogP contribution >= 0.6 is 0 Å². The number of methoxy groups -OCH3 is 1. The van der Waals surface area contributed by atoms with Gasteiger partial charge in [-0.2, -0.15) is 0 Å². The summed E-state index contributed by atoms with van der Waals surface area (Å²) in [4.78, 5) is 2.80. The quantitative estimate of drug-likeness (QED) is 0.852. The molecule has 1 aliphatic heterocycles. The van der Waals surface area contributed by atoms with Crippen LogP contribution in [0.3, 0.4) is 0 Å². The Kier molecular flexibility index (Phi) is 5.67. The largest absolute Gasteiger partial charge is 0.381 e. The fourth-order valence-electron chi connectivity index (χ4n) is 4.20. The molecular formula is C16H32N2O.